The largest absolute Gasteiger partial charge is 0.378 e. The summed E-state index contributed by atoms with van der Waals surface area (Å²) in [6.45, 7) is 3.94. The molecule has 0 bridgehead atoms. The maximum absolute atomic E-state index is 12.5. The van der Waals surface area contributed by atoms with Crippen molar-refractivity contribution in [2.75, 3.05) is 31.0 Å². The molecule has 8 heteroatoms. The van der Waals surface area contributed by atoms with Gasteiger partial charge in [0.2, 0.25) is 0 Å². The predicted molar refractivity (Wildman–Crippen MR) is 100 cm³/mol. The van der Waals surface area contributed by atoms with Gasteiger partial charge in [0.25, 0.3) is 15.9 Å². The highest BCUT2D eigenvalue weighted by atomic mass is 35.5. The van der Waals surface area contributed by atoms with Crippen molar-refractivity contribution in [3.63, 3.8) is 0 Å². The molecule has 1 N–H and O–H groups in total. The van der Waals surface area contributed by atoms with E-state index in [1.807, 2.05) is 6.92 Å². The van der Waals surface area contributed by atoms with E-state index in [2.05, 4.69) is 4.72 Å². The van der Waals surface area contributed by atoms with E-state index in [-0.39, 0.29) is 10.8 Å². The van der Waals surface area contributed by atoms with Crippen LogP contribution in [0.25, 0.3) is 0 Å². The van der Waals surface area contributed by atoms with Gasteiger partial charge in [-0.15, -0.1) is 0 Å². The number of carbonyl (C=O) groups is 1. The third-order valence-corrected chi connectivity index (χ3v) is 5.94. The number of hydrogen-bond donors (Lipinski definition) is 1. The Morgan fingerprint density at radius 3 is 2.38 bits per heavy atom. The summed E-state index contributed by atoms with van der Waals surface area (Å²) < 4.78 is 32.8. The van der Waals surface area contributed by atoms with Gasteiger partial charge in [0.1, 0.15) is 0 Å². The number of ether oxygens (including phenoxy) is 1. The predicted octanol–water partition coefficient (Wildman–Crippen LogP) is 2.92. The second-order valence-corrected chi connectivity index (χ2v) is 8.09. The second-order valence-electron chi connectivity index (χ2n) is 6.00. The number of amides is 1. The normalized spacial score (nSPS) is 14.9. The van der Waals surface area contributed by atoms with Crippen LogP contribution in [-0.4, -0.2) is 45.5 Å². The molecule has 1 aliphatic rings. The van der Waals surface area contributed by atoms with E-state index in [1.54, 1.807) is 23.1 Å². The Hall–Kier alpha value is -2.09. The number of nitrogens with zero attached hydrogens (tertiary/aromatic N) is 1. The molecule has 0 spiro atoms. The Morgan fingerprint density at radius 2 is 1.77 bits per heavy atom. The van der Waals surface area contributed by atoms with Gasteiger partial charge < -0.3 is 9.64 Å². The van der Waals surface area contributed by atoms with E-state index < -0.39 is 10.0 Å². The van der Waals surface area contributed by atoms with E-state index in [9.17, 15) is 13.2 Å². The van der Waals surface area contributed by atoms with Gasteiger partial charge in [-0.25, -0.2) is 8.42 Å². The number of sulfonamides is 1. The molecule has 1 amide bonds. The number of halogens is 1. The van der Waals surface area contributed by atoms with Gasteiger partial charge in [-0.3, -0.25) is 9.52 Å². The summed E-state index contributed by atoms with van der Waals surface area (Å²) in [6.07, 6.45) is 0. The molecule has 1 heterocycles. The van der Waals surface area contributed by atoms with Crippen molar-refractivity contribution in [2.45, 2.75) is 11.8 Å². The summed E-state index contributed by atoms with van der Waals surface area (Å²) >= 11 is 6.03. The van der Waals surface area contributed by atoms with Crippen molar-refractivity contribution in [2.24, 2.45) is 0 Å². The molecule has 2 aromatic carbocycles. The number of morpholine rings is 1. The monoisotopic (exact) mass is 394 g/mol. The summed E-state index contributed by atoms with van der Waals surface area (Å²) in [4.78, 5) is 14.2. The van der Waals surface area contributed by atoms with Crippen LogP contribution in [0.3, 0.4) is 0 Å². The average Bonchev–Trinajstić information content (AvgIpc) is 2.65. The Labute approximate surface area is 157 Å². The summed E-state index contributed by atoms with van der Waals surface area (Å²) in [6, 6.07) is 10.8. The molecule has 0 unspecified atom stereocenters. The van der Waals surface area contributed by atoms with Crippen molar-refractivity contribution < 1.29 is 17.9 Å². The lowest BCUT2D eigenvalue weighted by Crippen LogP contribution is -2.40. The van der Waals surface area contributed by atoms with Gasteiger partial charge in [0.15, 0.2) is 0 Å². The minimum Gasteiger partial charge on any atom is -0.378 e. The summed E-state index contributed by atoms with van der Waals surface area (Å²) in [5.74, 6) is -0.129. The van der Waals surface area contributed by atoms with Crippen molar-refractivity contribution >= 4 is 33.2 Å². The third kappa shape index (κ3) is 4.17. The molecule has 3 rings (SSSR count). The fourth-order valence-corrected chi connectivity index (χ4v) is 3.83. The van der Waals surface area contributed by atoms with Gasteiger partial charge in [0.05, 0.1) is 23.8 Å². The van der Waals surface area contributed by atoms with Crippen LogP contribution in [0.1, 0.15) is 15.9 Å². The smallest absolute Gasteiger partial charge is 0.261 e. The van der Waals surface area contributed by atoms with Crippen LogP contribution in [-0.2, 0) is 14.8 Å². The van der Waals surface area contributed by atoms with E-state index in [4.69, 9.17) is 16.3 Å². The average molecular weight is 395 g/mol. The number of carbonyl (C=O) groups excluding carboxylic acids is 1. The molecule has 0 aliphatic carbocycles. The number of aryl methyl sites for hydroxylation is 1. The molecule has 0 aromatic heterocycles. The minimum absolute atomic E-state index is 0.0766. The van der Waals surface area contributed by atoms with Gasteiger partial charge in [-0.2, -0.15) is 0 Å². The quantitative estimate of drug-likeness (QED) is 0.865. The summed E-state index contributed by atoms with van der Waals surface area (Å²) in [5, 5.41) is 0.483. The number of benzene rings is 2. The van der Waals surface area contributed by atoms with Crippen molar-refractivity contribution in [1.29, 1.82) is 0 Å². The van der Waals surface area contributed by atoms with E-state index >= 15 is 0 Å². The Bertz CT molecular complexity index is 907. The van der Waals surface area contributed by atoms with Gasteiger partial charge in [-0.05, 0) is 48.9 Å². The van der Waals surface area contributed by atoms with Crippen LogP contribution in [0.5, 0.6) is 0 Å². The molecule has 0 saturated carbocycles. The zero-order chi connectivity index (χ0) is 18.7. The highest BCUT2D eigenvalue weighted by Crippen LogP contribution is 2.23. The Balaban J connectivity index is 1.76. The van der Waals surface area contributed by atoms with Gasteiger partial charge in [0, 0.05) is 23.7 Å². The van der Waals surface area contributed by atoms with Gasteiger partial charge in [-0.1, -0.05) is 17.7 Å². The zero-order valence-corrected chi connectivity index (χ0v) is 15.8. The van der Waals surface area contributed by atoms with Gasteiger partial charge >= 0.3 is 0 Å². The SMILES string of the molecule is Cc1ccc(NS(=O)(=O)c2ccc(C(=O)N3CCOCC3)cc2)cc1Cl. The standard InChI is InChI=1S/C18H19ClN2O4S/c1-13-2-5-15(12-17(13)19)20-26(23,24)16-6-3-14(4-7-16)18(22)21-8-10-25-11-9-21/h2-7,12,20H,8-11H2,1H3. The molecule has 0 radical (unpaired) electrons. The molecule has 1 saturated heterocycles. The first kappa shape index (κ1) is 18.7. The lowest BCUT2D eigenvalue weighted by molar-refractivity contribution is 0.0303. The minimum atomic E-state index is -3.76. The Kier molecular flexibility index (Phi) is 5.50. The van der Waals surface area contributed by atoms with E-state index in [1.165, 1.54) is 24.3 Å². The molecule has 2 aromatic rings. The number of hydrogen-bond acceptors (Lipinski definition) is 4. The number of rotatable bonds is 4. The molecule has 6 nitrogen and oxygen atoms in total. The third-order valence-electron chi connectivity index (χ3n) is 4.13. The van der Waals surface area contributed by atoms with Crippen LogP contribution in [0, 0.1) is 6.92 Å². The van der Waals surface area contributed by atoms with Crippen molar-refractivity contribution in [3.8, 4) is 0 Å². The highest BCUT2D eigenvalue weighted by Gasteiger charge is 2.20. The van der Waals surface area contributed by atoms with Crippen LogP contribution in [0.4, 0.5) is 5.69 Å². The zero-order valence-electron chi connectivity index (χ0n) is 14.2. The van der Waals surface area contributed by atoms with Crippen LogP contribution < -0.4 is 4.72 Å². The highest BCUT2D eigenvalue weighted by molar-refractivity contribution is 7.92. The number of anilines is 1. The molecular formula is C18H19ClN2O4S. The Morgan fingerprint density at radius 1 is 1.12 bits per heavy atom. The fraction of sp³-hybridized carbons (Fsp3) is 0.278. The molecule has 1 aliphatic heterocycles. The molecule has 1 fully saturated rings. The maximum Gasteiger partial charge on any atom is 0.261 e. The lowest BCUT2D eigenvalue weighted by atomic mass is 10.2. The van der Waals surface area contributed by atoms with Crippen LogP contribution in [0.2, 0.25) is 5.02 Å². The lowest BCUT2D eigenvalue weighted by Gasteiger charge is -2.26. The van der Waals surface area contributed by atoms with Crippen molar-refractivity contribution in [1.82, 2.24) is 4.90 Å². The first-order valence-corrected chi connectivity index (χ1v) is 9.99. The fourth-order valence-electron chi connectivity index (χ4n) is 2.60. The number of nitrogens with one attached hydrogen (secondary N) is 1. The second kappa shape index (κ2) is 7.65. The molecule has 26 heavy (non-hydrogen) atoms. The molecule has 138 valence electrons. The molecule has 0 atom stereocenters. The van der Waals surface area contributed by atoms with Crippen LogP contribution >= 0.6 is 11.6 Å². The molecular weight excluding hydrogens is 376 g/mol. The van der Waals surface area contributed by atoms with Crippen LogP contribution in [0.15, 0.2) is 47.4 Å². The topological polar surface area (TPSA) is 75.7 Å². The van der Waals surface area contributed by atoms with E-state index in [0.717, 1.165) is 5.56 Å². The maximum atomic E-state index is 12.5. The first-order chi connectivity index (χ1) is 12.4. The van der Waals surface area contributed by atoms with Crippen molar-refractivity contribution in [3.05, 3.63) is 58.6 Å². The van der Waals surface area contributed by atoms with E-state index in [0.29, 0.717) is 42.6 Å². The summed E-state index contributed by atoms with van der Waals surface area (Å²) in [5.41, 5.74) is 1.69. The first-order valence-electron chi connectivity index (χ1n) is 8.13. The summed E-state index contributed by atoms with van der Waals surface area (Å²) in [7, 11) is -3.76.